The first-order valence-electron chi connectivity index (χ1n) is 5.60. The molecule has 1 heterocycles. The maximum Gasteiger partial charge on any atom is 0.337 e. The van der Waals surface area contributed by atoms with Gasteiger partial charge >= 0.3 is 5.97 Å². The Morgan fingerprint density at radius 2 is 2.10 bits per heavy atom. The van der Waals surface area contributed by atoms with E-state index in [4.69, 9.17) is 13.0 Å². The van der Waals surface area contributed by atoms with Gasteiger partial charge in [0, 0.05) is 5.69 Å². The summed E-state index contributed by atoms with van der Waals surface area (Å²) in [6.07, 6.45) is 1.35. The lowest BCUT2D eigenvalue weighted by Crippen LogP contribution is -2.12. The second-order valence-corrected chi connectivity index (χ2v) is 4.11. The number of pyridine rings is 1. The van der Waals surface area contributed by atoms with Gasteiger partial charge in [-0.15, -0.1) is 0 Å². The molecule has 2 rings (SSSR count). The predicted octanol–water partition coefficient (Wildman–Crippen LogP) is 1.90. The summed E-state index contributed by atoms with van der Waals surface area (Å²) in [6, 6.07) is 3.19. The number of carboxylic acid groups (broad SMARTS) is 1. The number of carbonyl (C=O) groups is 1. The van der Waals surface area contributed by atoms with Crippen LogP contribution in [-0.2, 0) is 0 Å². The van der Waals surface area contributed by atoms with Crippen LogP contribution in [0.4, 0.5) is 20.2 Å². The molecule has 2 aromatic rings. The minimum Gasteiger partial charge on any atom is -0.478 e. The monoisotopic (exact) mass is 274 g/mol. The van der Waals surface area contributed by atoms with Gasteiger partial charge in [0.25, 0.3) is 0 Å². The zero-order valence-corrected chi connectivity index (χ0v) is 10.4. The highest BCUT2D eigenvalue weighted by Gasteiger charge is 2.18. The number of aromatic carboxylic acids is 1. The van der Waals surface area contributed by atoms with Crippen LogP contribution in [0.15, 0.2) is 24.4 Å². The van der Waals surface area contributed by atoms with Crippen molar-refractivity contribution in [2.45, 2.75) is 6.92 Å². The number of rotatable bonds is 3. The van der Waals surface area contributed by atoms with Crippen molar-refractivity contribution in [3.63, 3.8) is 0 Å². The summed E-state index contributed by atoms with van der Waals surface area (Å²) in [7, 11) is 5.65. The molecule has 0 spiro atoms. The molecule has 100 valence electrons. The van der Waals surface area contributed by atoms with Crippen molar-refractivity contribution in [1.82, 2.24) is 4.98 Å². The van der Waals surface area contributed by atoms with Gasteiger partial charge in [-0.1, -0.05) is 5.46 Å². The number of halogens is 2. The molecule has 7 heteroatoms. The fourth-order valence-corrected chi connectivity index (χ4v) is 1.61. The van der Waals surface area contributed by atoms with Crippen LogP contribution < -0.4 is 10.8 Å². The molecule has 0 unspecified atom stereocenters. The Kier molecular flexibility index (Phi) is 3.69. The van der Waals surface area contributed by atoms with E-state index < -0.39 is 23.3 Å². The summed E-state index contributed by atoms with van der Waals surface area (Å²) in [4.78, 5) is 15.0. The van der Waals surface area contributed by atoms with Crippen LogP contribution >= 0.6 is 0 Å². The van der Waals surface area contributed by atoms with E-state index in [0.29, 0.717) is 11.2 Å². The Labute approximate surface area is 114 Å². The molecule has 0 aliphatic rings. The quantitative estimate of drug-likeness (QED) is 0.839. The maximum absolute atomic E-state index is 13.7. The van der Waals surface area contributed by atoms with Gasteiger partial charge in [-0.05, 0) is 25.1 Å². The van der Waals surface area contributed by atoms with Crippen LogP contribution in [0, 0.1) is 18.6 Å². The first-order valence-corrected chi connectivity index (χ1v) is 5.60. The topological polar surface area (TPSA) is 62.2 Å². The summed E-state index contributed by atoms with van der Waals surface area (Å²) in [5, 5.41) is 11.5. The standard InChI is InChI=1S/C13H9BF2N2O2/c1-6-9(14)4-7(5-17-6)18-12-8(13(19)20)2-3-10(15)11(12)16/h2-5,18H,1H3,(H,19,20). The van der Waals surface area contributed by atoms with Gasteiger partial charge in [0.2, 0.25) is 0 Å². The lowest BCUT2D eigenvalue weighted by Gasteiger charge is -2.12. The number of aromatic nitrogens is 1. The molecule has 0 fully saturated rings. The van der Waals surface area contributed by atoms with Crippen molar-refractivity contribution in [3.05, 3.63) is 47.3 Å². The van der Waals surface area contributed by atoms with E-state index in [0.717, 1.165) is 12.1 Å². The van der Waals surface area contributed by atoms with Crippen LogP contribution in [0.5, 0.6) is 0 Å². The molecule has 0 amide bonds. The molecule has 0 bridgehead atoms. The fourth-order valence-electron chi connectivity index (χ4n) is 1.61. The molecule has 0 atom stereocenters. The Morgan fingerprint density at radius 1 is 1.40 bits per heavy atom. The van der Waals surface area contributed by atoms with Gasteiger partial charge < -0.3 is 10.4 Å². The van der Waals surface area contributed by atoms with Gasteiger partial charge in [-0.25, -0.2) is 13.6 Å². The Balaban J connectivity index is 2.49. The van der Waals surface area contributed by atoms with Gasteiger partial charge in [0.1, 0.15) is 7.85 Å². The maximum atomic E-state index is 13.7. The average molecular weight is 274 g/mol. The Bertz CT molecular complexity index is 692. The van der Waals surface area contributed by atoms with Crippen LogP contribution in [-0.4, -0.2) is 23.9 Å². The molecule has 0 aliphatic heterocycles. The fraction of sp³-hybridized carbons (Fsp3) is 0.0769. The van der Waals surface area contributed by atoms with E-state index in [1.807, 2.05) is 0 Å². The van der Waals surface area contributed by atoms with E-state index in [-0.39, 0.29) is 11.3 Å². The third kappa shape index (κ3) is 2.61. The summed E-state index contributed by atoms with van der Waals surface area (Å²) < 4.78 is 27.0. The van der Waals surface area contributed by atoms with Gasteiger partial charge in [0.15, 0.2) is 11.6 Å². The molecule has 20 heavy (non-hydrogen) atoms. The van der Waals surface area contributed by atoms with Crippen molar-refractivity contribution in [1.29, 1.82) is 0 Å². The first-order chi connectivity index (χ1) is 9.40. The number of benzene rings is 1. The molecule has 1 aromatic heterocycles. The average Bonchev–Trinajstić information content (AvgIpc) is 2.39. The zero-order valence-electron chi connectivity index (χ0n) is 10.4. The number of carboxylic acids is 1. The third-order valence-corrected chi connectivity index (χ3v) is 2.72. The van der Waals surface area contributed by atoms with Crippen molar-refractivity contribution >= 4 is 30.7 Å². The van der Waals surface area contributed by atoms with Crippen LogP contribution in [0.25, 0.3) is 0 Å². The molecule has 0 aliphatic carbocycles. The van der Waals surface area contributed by atoms with E-state index in [2.05, 4.69) is 10.3 Å². The van der Waals surface area contributed by atoms with Crippen molar-refractivity contribution in [3.8, 4) is 0 Å². The van der Waals surface area contributed by atoms with Crippen molar-refractivity contribution in [2.24, 2.45) is 0 Å². The molecular weight excluding hydrogens is 265 g/mol. The molecule has 0 saturated carbocycles. The molecule has 2 N–H and O–H groups in total. The van der Waals surface area contributed by atoms with E-state index in [1.165, 1.54) is 12.3 Å². The number of anilines is 2. The number of aryl methyl sites for hydroxylation is 1. The minimum absolute atomic E-state index is 0.264. The van der Waals surface area contributed by atoms with E-state index >= 15 is 0 Å². The van der Waals surface area contributed by atoms with Gasteiger partial charge in [-0.2, -0.15) is 0 Å². The molecule has 4 nitrogen and oxygen atoms in total. The minimum atomic E-state index is -1.38. The summed E-state index contributed by atoms with van der Waals surface area (Å²) in [5.41, 5.74) is 0.336. The van der Waals surface area contributed by atoms with Crippen LogP contribution in [0.1, 0.15) is 16.1 Å². The van der Waals surface area contributed by atoms with Crippen molar-refractivity contribution in [2.75, 3.05) is 5.32 Å². The summed E-state index contributed by atoms with van der Waals surface area (Å²) in [6.45, 7) is 1.69. The SMILES string of the molecule is [B]c1cc(Nc2c(C(=O)O)ccc(F)c2F)cnc1C. The summed E-state index contributed by atoms with van der Waals surface area (Å²) >= 11 is 0. The molecule has 1 aromatic carbocycles. The molecule has 0 saturated heterocycles. The lowest BCUT2D eigenvalue weighted by molar-refractivity contribution is 0.0697. The number of nitrogens with zero attached hydrogens (tertiary/aromatic N) is 1. The van der Waals surface area contributed by atoms with Gasteiger partial charge in [-0.3, -0.25) is 4.98 Å². The number of nitrogens with one attached hydrogen (secondary N) is 1. The second-order valence-electron chi connectivity index (χ2n) is 4.11. The molecular formula is C13H9BF2N2O2. The van der Waals surface area contributed by atoms with E-state index in [1.54, 1.807) is 6.92 Å². The third-order valence-electron chi connectivity index (χ3n) is 2.72. The lowest BCUT2D eigenvalue weighted by atomic mass is 9.94. The summed E-state index contributed by atoms with van der Waals surface area (Å²) in [5.74, 6) is -3.80. The number of hydrogen-bond acceptors (Lipinski definition) is 3. The Morgan fingerprint density at radius 3 is 2.70 bits per heavy atom. The van der Waals surface area contributed by atoms with E-state index in [9.17, 15) is 13.6 Å². The normalized spacial score (nSPS) is 10.3. The van der Waals surface area contributed by atoms with Crippen LogP contribution in [0.3, 0.4) is 0 Å². The first kappa shape index (κ1) is 14.0. The molecule has 2 radical (unpaired) electrons. The smallest absolute Gasteiger partial charge is 0.337 e. The van der Waals surface area contributed by atoms with Crippen molar-refractivity contribution < 1.29 is 18.7 Å². The van der Waals surface area contributed by atoms with Gasteiger partial charge in [0.05, 0.1) is 23.1 Å². The highest BCUT2D eigenvalue weighted by Crippen LogP contribution is 2.26. The Hall–Kier alpha value is -2.44. The highest BCUT2D eigenvalue weighted by molar-refractivity contribution is 6.33. The number of hydrogen-bond donors (Lipinski definition) is 2. The zero-order chi connectivity index (χ0) is 14.9. The van der Waals surface area contributed by atoms with Crippen LogP contribution in [0.2, 0.25) is 0 Å². The highest BCUT2D eigenvalue weighted by atomic mass is 19.2. The second kappa shape index (κ2) is 5.28. The predicted molar refractivity (Wildman–Crippen MR) is 71.0 cm³/mol. The largest absolute Gasteiger partial charge is 0.478 e.